The van der Waals surface area contributed by atoms with Crippen molar-refractivity contribution in [3.63, 3.8) is 0 Å². The molecule has 2 unspecified atom stereocenters. The van der Waals surface area contributed by atoms with Crippen LogP contribution in [0, 0.1) is 11.8 Å². The second-order valence-corrected chi connectivity index (χ2v) is 4.49. The highest BCUT2D eigenvalue weighted by Gasteiger charge is 2.41. The zero-order chi connectivity index (χ0) is 12.5. The van der Waals surface area contributed by atoms with Crippen molar-refractivity contribution < 1.29 is 24.9 Å². The SMILES string of the molecule is CC(C)[C@@H]1CC(C(=O)O)C(O)CN1C(=O)O. The van der Waals surface area contributed by atoms with Gasteiger partial charge < -0.3 is 20.2 Å². The zero-order valence-electron chi connectivity index (χ0n) is 9.33. The van der Waals surface area contributed by atoms with Crippen molar-refractivity contribution in [1.29, 1.82) is 0 Å². The van der Waals surface area contributed by atoms with E-state index >= 15 is 0 Å². The average molecular weight is 231 g/mol. The van der Waals surface area contributed by atoms with Gasteiger partial charge in [0.1, 0.15) is 0 Å². The lowest BCUT2D eigenvalue weighted by Gasteiger charge is -2.41. The summed E-state index contributed by atoms with van der Waals surface area (Å²) in [7, 11) is 0. The highest BCUT2D eigenvalue weighted by molar-refractivity contribution is 5.72. The maximum absolute atomic E-state index is 11.0. The summed E-state index contributed by atoms with van der Waals surface area (Å²) >= 11 is 0. The summed E-state index contributed by atoms with van der Waals surface area (Å²) in [6, 6.07) is -0.345. The van der Waals surface area contributed by atoms with Crippen LogP contribution in [0.2, 0.25) is 0 Å². The van der Waals surface area contributed by atoms with Gasteiger partial charge in [-0.15, -0.1) is 0 Å². The van der Waals surface area contributed by atoms with Crippen molar-refractivity contribution in [2.75, 3.05) is 6.54 Å². The fourth-order valence-corrected chi connectivity index (χ4v) is 2.13. The molecule has 0 aromatic rings. The summed E-state index contributed by atoms with van der Waals surface area (Å²) in [5, 5.41) is 27.4. The third kappa shape index (κ3) is 2.44. The number of β-amino-alcohol motifs (C(OH)–C–C–N with tert-alkyl or cyclic N) is 1. The van der Waals surface area contributed by atoms with E-state index in [4.69, 9.17) is 10.2 Å². The normalized spacial score (nSPS) is 30.5. The second-order valence-electron chi connectivity index (χ2n) is 4.49. The number of hydrogen-bond acceptors (Lipinski definition) is 3. The molecule has 16 heavy (non-hydrogen) atoms. The Balaban J connectivity index is 2.86. The molecule has 92 valence electrons. The first kappa shape index (κ1) is 12.8. The molecule has 6 heteroatoms. The molecule has 0 aromatic heterocycles. The largest absolute Gasteiger partial charge is 0.481 e. The number of hydrogen-bond donors (Lipinski definition) is 3. The molecule has 6 nitrogen and oxygen atoms in total. The van der Waals surface area contributed by atoms with E-state index in [0.717, 1.165) is 4.90 Å². The Bertz CT molecular complexity index is 291. The Morgan fingerprint density at radius 2 is 1.88 bits per heavy atom. The Morgan fingerprint density at radius 1 is 1.31 bits per heavy atom. The van der Waals surface area contributed by atoms with Crippen molar-refractivity contribution in [3.8, 4) is 0 Å². The fourth-order valence-electron chi connectivity index (χ4n) is 2.13. The lowest BCUT2D eigenvalue weighted by Crippen LogP contribution is -2.55. The van der Waals surface area contributed by atoms with Crippen LogP contribution in [0.4, 0.5) is 4.79 Å². The van der Waals surface area contributed by atoms with Gasteiger partial charge in [0.25, 0.3) is 0 Å². The van der Waals surface area contributed by atoms with Gasteiger partial charge in [-0.2, -0.15) is 0 Å². The summed E-state index contributed by atoms with van der Waals surface area (Å²) in [6.45, 7) is 3.56. The van der Waals surface area contributed by atoms with E-state index in [2.05, 4.69) is 0 Å². The lowest BCUT2D eigenvalue weighted by atomic mass is 9.84. The van der Waals surface area contributed by atoms with Crippen molar-refractivity contribution >= 4 is 12.1 Å². The van der Waals surface area contributed by atoms with Crippen molar-refractivity contribution in [2.24, 2.45) is 11.8 Å². The molecule has 1 heterocycles. The monoisotopic (exact) mass is 231 g/mol. The number of rotatable bonds is 2. The zero-order valence-corrected chi connectivity index (χ0v) is 9.33. The first-order chi connectivity index (χ1) is 7.34. The lowest BCUT2D eigenvalue weighted by molar-refractivity contribution is -0.150. The first-order valence-corrected chi connectivity index (χ1v) is 5.25. The molecule has 0 bridgehead atoms. The molecule has 1 aliphatic rings. The van der Waals surface area contributed by atoms with E-state index in [1.807, 2.05) is 13.8 Å². The van der Waals surface area contributed by atoms with Crippen LogP contribution in [-0.2, 0) is 4.79 Å². The van der Waals surface area contributed by atoms with Gasteiger partial charge in [0.2, 0.25) is 0 Å². The molecule has 0 aliphatic carbocycles. The maximum atomic E-state index is 11.0. The van der Waals surface area contributed by atoms with E-state index in [1.165, 1.54) is 0 Å². The summed E-state index contributed by atoms with van der Waals surface area (Å²) < 4.78 is 0. The molecular weight excluding hydrogens is 214 g/mol. The van der Waals surface area contributed by atoms with Gasteiger partial charge >= 0.3 is 12.1 Å². The molecule has 3 atom stereocenters. The van der Waals surface area contributed by atoms with Gasteiger partial charge in [-0.3, -0.25) is 4.79 Å². The van der Waals surface area contributed by atoms with Crippen molar-refractivity contribution in [3.05, 3.63) is 0 Å². The summed E-state index contributed by atoms with van der Waals surface area (Å²) in [6.07, 6.45) is -2.06. The molecule has 0 radical (unpaired) electrons. The smallest absolute Gasteiger partial charge is 0.407 e. The first-order valence-electron chi connectivity index (χ1n) is 5.25. The third-order valence-electron chi connectivity index (χ3n) is 3.08. The molecule has 1 rings (SSSR count). The molecule has 1 aliphatic heterocycles. The number of carbonyl (C=O) groups is 2. The number of carboxylic acids is 1. The van der Waals surface area contributed by atoms with Crippen LogP contribution in [0.1, 0.15) is 20.3 Å². The van der Waals surface area contributed by atoms with Crippen LogP contribution in [-0.4, -0.2) is 51.0 Å². The number of aliphatic hydroxyl groups excluding tert-OH is 1. The Labute approximate surface area is 93.5 Å². The number of aliphatic carboxylic acids is 1. The van der Waals surface area contributed by atoms with E-state index in [1.54, 1.807) is 0 Å². The minimum absolute atomic E-state index is 0.0328. The van der Waals surface area contributed by atoms with Gasteiger partial charge in [0, 0.05) is 6.04 Å². The summed E-state index contributed by atoms with van der Waals surface area (Å²) in [5.41, 5.74) is 0. The second kappa shape index (κ2) is 4.69. The Morgan fingerprint density at radius 3 is 2.25 bits per heavy atom. The molecule has 1 saturated heterocycles. The predicted molar refractivity (Wildman–Crippen MR) is 55.1 cm³/mol. The number of amides is 1. The molecule has 0 aromatic carbocycles. The average Bonchev–Trinajstić information content (AvgIpc) is 2.15. The molecule has 0 spiro atoms. The van der Waals surface area contributed by atoms with Gasteiger partial charge in [-0.25, -0.2) is 4.79 Å². The Hall–Kier alpha value is -1.30. The minimum atomic E-state index is -1.12. The van der Waals surface area contributed by atoms with Crippen LogP contribution < -0.4 is 0 Å². The molecule has 1 amide bonds. The third-order valence-corrected chi connectivity index (χ3v) is 3.08. The molecule has 0 saturated carbocycles. The number of aliphatic hydroxyl groups is 1. The van der Waals surface area contributed by atoms with Crippen LogP contribution in [0.15, 0.2) is 0 Å². The van der Waals surface area contributed by atoms with Crippen LogP contribution in [0.25, 0.3) is 0 Å². The molecular formula is C10H17NO5. The van der Waals surface area contributed by atoms with Crippen LogP contribution in [0.3, 0.4) is 0 Å². The van der Waals surface area contributed by atoms with Gasteiger partial charge in [0.05, 0.1) is 18.6 Å². The van der Waals surface area contributed by atoms with E-state index in [9.17, 15) is 14.7 Å². The van der Waals surface area contributed by atoms with E-state index in [0.29, 0.717) is 0 Å². The summed E-state index contributed by atoms with van der Waals surface area (Å²) in [4.78, 5) is 23.0. The van der Waals surface area contributed by atoms with Gasteiger partial charge in [-0.1, -0.05) is 13.8 Å². The summed E-state index contributed by atoms with van der Waals surface area (Å²) in [5.74, 6) is -1.91. The highest BCUT2D eigenvalue weighted by Crippen LogP contribution is 2.28. The topological polar surface area (TPSA) is 98.1 Å². The number of nitrogens with zero attached hydrogens (tertiary/aromatic N) is 1. The predicted octanol–water partition coefficient (Wildman–Crippen LogP) is 0.456. The fraction of sp³-hybridized carbons (Fsp3) is 0.800. The van der Waals surface area contributed by atoms with Crippen molar-refractivity contribution in [1.82, 2.24) is 4.90 Å². The highest BCUT2D eigenvalue weighted by atomic mass is 16.4. The van der Waals surface area contributed by atoms with Crippen LogP contribution >= 0.6 is 0 Å². The number of carboxylic acid groups (broad SMARTS) is 2. The minimum Gasteiger partial charge on any atom is -0.481 e. The van der Waals surface area contributed by atoms with Gasteiger partial charge in [0.15, 0.2) is 0 Å². The van der Waals surface area contributed by atoms with Crippen LogP contribution in [0.5, 0.6) is 0 Å². The standard InChI is InChI=1S/C10H17NO5/c1-5(2)7-3-6(9(13)14)8(12)4-11(7)10(15)16/h5-8,12H,3-4H2,1-2H3,(H,13,14)(H,15,16)/t6?,7-,8?/m0/s1. The number of likely N-dealkylation sites (tertiary alicyclic amines) is 1. The molecule has 3 N–H and O–H groups in total. The van der Waals surface area contributed by atoms with Crippen molar-refractivity contribution in [2.45, 2.75) is 32.4 Å². The van der Waals surface area contributed by atoms with E-state index < -0.39 is 24.1 Å². The van der Waals surface area contributed by atoms with E-state index in [-0.39, 0.29) is 24.9 Å². The van der Waals surface area contributed by atoms with Gasteiger partial charge in [-0.05, 0) is 12.3 Å². The quantitative estimate of drug-likeness (QED) is 0.641. The Kier molecular flexibility index (Phi) is 3.74. The maximum Gasteiger partial charge on any atom is 0.407 e. The molecule has 1 fully saturated rings. The number of piperidine rings is 1.